The molecule has 1 aliphatic rings. The lowest BCUT2D eigenvalue weighted by atomic mass is 10.1. The minimum Gasteiger partial charge on any atom is -0.494 e. The smallest absolute Gasteiger partial charge is 0.220 e. The zero-order valence-corrected chi connectivity index (χ0v) is 11.7. The summed E-state index contributed by atoms with van der Waals surface area (Å²) < 4.78 is 18.3. The van der Waals surface area contributed by atoms with Crippen LogP contribution >= 0.6 is 0 Å². The van der Waals surface area contributed by atoms with Gasteiger partial charge < -0.3 is 15.8 Å². The van der Waals surface area contributed by atoms with E-state index in [2.05, 4.69) is 5.32 Å². The van der Waals surface area contributed by atoms with Crippen LogP contribution in [0, 0.1) is 11.7 Å². The summed E-state index contributed by atoms with van der Waals surface area (Å²) in [6, 6.07) is 4.82. The highest BCUT2D eigenvalue weighted by atomic mass is 19.1. The van der Waals surface area contributed by atoms with Crippen LogP contribution in [0.3, 0.4) is 0 Å². The fourth-order valence-electron chi connectivity index (χ4n) is 2.13. The van der Waals surface area contributed by atoms with Crippen molar-refractivity contribution in [2.45, 2.75) is 31.7 Å². The van der Waals surface area contributed by atoms with Crippen LogP contribution in [0.4, 0.5) is 4.39 Å². The van der Waals surface area contributed by atoms with Crippen LogP contribution in [0.1, 0.15) is 24.8 Å². The van der Waals surface area contributed by atoms with Crippen molar-refractivity contribution in [1.29, 1.82) is 0 Å². The molecule has 5 heteroatoms. The first kappa shape index (κ1) is 14.8. The highest BCUT2D eigenvalue weighted by Gasteiger charge is 2.28. The van der Waals surface area contributed by atoms with Crippen molar-refractivity contribution in [1.82, 2.24) is 5.32 Å². The van der Waals surface area contributed by atoms with Crippen LogP contribution in [-0.4, -0.2) is 25.6 Å². The third kappa shape index (κ3) is 4.20. The first-order valence-corrected chi connectivity index (χ1v) is 6.95. The Morgan fingerprint density at radius 1 is 1.55 bits per heavy atom. The first-order valence-electron chi connectivity index (χ1n) is 6.95. The fraction of sp³-hybridized carbons (Fsp3) is 0.533. The Bertz CT molecular complexity index is 475. The summed E-state index contributed by atoms with van der Waals surface area (Å²) in [5.41, 5.74) is 6.69. The van der Waals surface area contributed by atoms with E-state index in [4.69, 9.17) is 10.5 Å². The largest absolute Gasteiger partial charge is 0.494 e. The molecule has 0 aliphatic heterocycles. The van der Waals surface area contributed by atoms with Gasteiger partial charge in [-0.2, -0.15) is 0 Å². The Morgan fingerprint density at radius 3 is 2.90 bits per heavy atom. The lowest BCUT2D eigenvalue weighted by Crippen LogP contribution is -2.38. The van der Waals surface area contributed by atoms with Gasteiger partial charge >= 0.3 is 0 Å². The highest BCUT2D eigenvalue weighted by molar-refractivity contribution is 5.76. The fourth-order valence-corrected chi connectivity index (χ4v) is 2.13. The molecule has 20 heavy (non-hydrogen) atoms. The Hall–Kier alpha value is -1.62. The molecule has 0 saturated heterocycles. The summed E-state index contributed by atoms with van der Waals surface area (Å²) in [6.07, 6.45) is 3.18. The van der Waals surface area contributed by atoms with E-state index in [1.807, 2.05) is 0 Å². The topological polar surface area (TPSA) is 64.3 Å². The molecule has 0 radical (unpaired) electrons. The molecule has 4 nitrogen and oxygen atoms in total. The van der Waals surface area contributed by atoms with Gasteiger partial charge in [-0.15, -0.1) is 0 Å². The monoisotopic (exact) mass is 280 g/mol. The number of halogens is 1. The molecule has 0 bridgehead atoms. The summed E-state index contributed by atoms with van der Waals surface area (Å²) in [4.78, 5) is 11.7. The number of carbonyl (C=O) groups is 1. The lowest BCUT2D eigenvalue weighted by Gasteiger charge is -2.11. The SMILES string of the molecule is COc1ccc(CCC(=O)NCC(N)C2CC2)cc1F. The second kappa shape index (κ2) is 6.70. The highest BCUT2D eigenvalue weighted by Crippen LogP contribution is 2.31. The quantitative estimate of drug-likeness (QED) is 0.797. The van der Waals surface area contributed by atoms with Crippen molar-refractivity contribution >= 4 is 5.91 Å². The number of amides is 1. The summed E-state index contributed by atoms with van der Waals surface area (Å²) >= 11 is 0. The van der Waals surface area contributed by atoms with Gasteiger partial charge in [-0.3, -0.25) is 4.79 Å². The molecule has 1 atom stereocenters. The van der Waals surface area contributed by atoms with Crippen molar-refractivity contribution in [3.63, 3.8) is 0 Å². The molecule has 3 N–H and O–H groups in total. The number of hydrogen-bond acceptors (Lipinski definition) is 3. The predicted molar refractivity (Wildman–Crippen MR) is 75.0 cm³/mol. The van der Waals surface area contributed by atoms with E-state index >= 15 is 0 Å². The Kier molecular flexibility index (Phi) is 4.95. The number of aryl methyl sites for hydroxylation is 1. The van der Waals surface area contributed by atoms with Crippen LogP contribution in [0.5, 0.6) is 5.75 Å². The Morgan fingerprint density at radius 2 is 2.30 bits per heavy atom. The van der Waals surface area contributed by atoms with E-state index in [0.29, 0.717) is 25.3 Å². The van der Waals surface area contributed by atoms with E-state index in [0.717, 1.165) is 5.56 Å². The summed E-state index contributed by atoms with van der Waals surface area (Å²) in [7, 11) is 1.43. The maximum absolute atomic E-state index is 13.5. The third-order valence-electron chi connectivity index (χ3n) is 3.62. The number of methoxy groups -OCH3 is 1. The number of nitrogens with two attached hydrogens (primary N) is 1. The van der Waals surface area contributed by atoms with E-state index in [1.165, 1.54) is 26.0 Å². The maximum atomic E-state index is 13.5. The average Bonchev–Trinajstić information content (AvgIpc) is 3.27. The Balaban J connectivity index is 1.73. The van der Waals surface area contributed by atoms with E-state index in [1.54, 1.807) is 12.1 Å². The minimum absolute atomic E-state index is 0.0441. The summed E-state index contributed by atoms with van der Waals surface area (Å²) in [5.74, 6) is 0.345. The molecule has 1 saturated carbocycles. The van der Waals surface area contributed by atoms with Gasteiger partial charge in [0.25, 0.3) is 0 Å². The van der Waals surface area contributed by atoms with Gasteiger partial charge in [-0.05, 0) is 42.9 Å². The van der Waals surface area contributed by atoms with Gasteiger partial charge in [0.15, 0.2) is 11.6 Å². The molecule has 0 spiro atoms. The molecular formula is C15H21FN2O2. The van der Waals surface area contributed by atoms with Crippen molar-refractivity contribution in [2.24, 2.45) is 11.7 Å². The number of ether oxygens (including phenoxy) is 1. The third-order valence-corrected chi connectivity index (χ3v) is 3.62. The van der Waals surface area contributed by atoms with E-state index in [9.17, 15) is 9.18 Å². The molecule has 1 fully saturated rings. The van der Waals surface area contributed by atoms with Crippen LogP contribution in [0.25, 0.3) is 0 Å². The van der Waals surface area contributed by atoms with Crippen LogP contribution in [0.2, 0.25) is 0 Å². The Labute approximate surface area is 118 Å². The molecule has 0 heterocycles. The van der Waals surface area contributed by atoms with Gasteiger partial charge in [0.05, 0.1) is 7.11 Å². The zero-order chi connectivity index (χ0) is 14.5. The van der Waals surface area contributed by atoms with Gasteiger partial charge in [0.1, 0.15) is 0 Å². The summed E-state index contributed by atoms with van der Waals surface area (Å²) in [5, 5.41) is 2.83. The predicted octanol–water partition coefficient (Wildman–Crippen LogP) is 1.62. The summed E-state index contributed by atoms with van der Waals surface area (Å²) in [6.45, 7) is 0.528. The van der Waals surface area contributed by atoms with Crippen molar-refractivity contribution in [3.05, 3.63) is 29.6 Å². The molecule has 2 rings (SSSR count). The van der Waals surface area contributed by atoms with Crippen LogP contribution < -0.4 is 15.8 Å². The number of rotatable bonds is 7. The van der Waals surface area contributed by atoms with Crippen molar-refractivity contribution < 1.29 is 13.9 Å². The molecule has 1 unspecified atom stereocenters. The van der Waals surface area contributed by atoms with Crippen molar-refractivity contribution in [2.75, 3.05) is 13.7 Å². The molecule has 1 aromatic carbocycles. The molecule has 1 aliphatic carbocycles. The second-order valence-electron chi connectivity index (χ2n) is 5.27. The standard InChI is InChI=1S/C15H21FN2O2/c1-20-14-6-2-10(8-12(14)16)3-7-15(19)18-9-13(17)11-4-5-11/h2,6,8,11,13H,3-5,7,9,17H2,1H3,(H,18,19). The van der Waals surface area contributed by atoms with Crippen LogP contribution in [-0.2, 0) is 11.2 Å². The molecule has 0 aromatic heterocycles. The molecular weight excluding hydrogens is 259 g/mol. The average molecular weight is 280 g/mol. The second-order valence-corrected chi connectivity index (χ2v) is 5.27. The number of benzene rings is 1. The number of nitrogens with one attached hydrogen (secondary N) is 1. The molecule has 1 amide bonds. The normalized spacial score (nSPS) is 15.8. The van der Waals surface area contributed by atoms with Crippen LogP contribution in [0.15, 0.2) is 18.2 Å². The number of carbonyl (C=O) groups excluding carboxylic acids is 1. The lowest BCUT2D eigenvalue weighted by molar-refractivity contribution is -0.121. The first-order chi connectivity index (χ1) is 9.60. The van der Waals surface area contributed by atoms with Gasteiger partial charge in [-0.1, -0.05) is 6.07 Å². The number of hydrogen-bond donors (Lipinski definition) is 2. The van der Waals surface area contributed by atoms with Gasteiger partial charge in [0.2, 0.25) is 5.91 Å². The minimum atomic E-state index is -0.402. The van der Waals surface area contributed by atoms with E-state index in [-0.39, 0.29) is 17.7 Å². The maximum Gasteiger partial charge on any atom is 0.220 e. The van der Waals surface area contributed by atoms with Crippen molar-refractivity contribution in [3.8, 4) is 5.75 Å². The zero-order valence-electron chi connectivity index (χ0n) is 11.7. The van der Waals surface area contributed by atoms with Gasteiger partial charge in [0, 0.05) is 19.0 Å². The van der Waals surface area contributed by atoms with E-state index < -0.39 is 5.82 Å². The molecule has 110 valence electrons. The van der Waals surface area contributed by atoms with Gasteiger partial charge in [-0.25, -0.2) is 4.39 Å². The molecule has 1 aromatic rings.